The lowest BCUT2D eigenvalue weighted by Gasteiger charge is -2.35. The summed E-state index contributed by atoms with van der Waals surface area (Å²) in [6.07, 6.45) is 3.52. The van der Waals surface area contributed by atoms with Crippen LogP contribution in [0.1, 0.15) is 24.1 Å². The molecule has 2 amide bonds. The average Bonchev–Trinajstić information content (AvgIpc) is 3.02. The van der Waals surface area contributed by atoms with Gasteiger partial charge in [0.05, 0.1) is 24.8 Å². The molecule has 5 rings (SSSR count). The number of aromatic nitrogens is 1. The van der Waals surface area contributed by atoms with Gasteiger partial charge in [-0.3, -0.25) is 14.6 Å². The third kappa shape index (κ3) is 4.22. The minimum Gasteiger partial charge on any atom is -0.367 e. The van der Waals surface area contributed by atoms with Crippen LogP contribution in [-0.2, 0) is 27.5 Å². The average molecular weight is 379 g/mol. The van der Waals surface area contributed by atoms with Gasteiger partial charge in [0.25, 0.3) is 0 Å². The lowest BCUT2D eigenvalue weighted by Crippen LogP contribution is -2.47. The highest BCUT2D eigenvalue weighted by Gasteiger charge is 2.41. The van der Waals surface area contributed by atoms with Crippen LogP contribution in [-0.4, -0.2) is 52.3 Å². The minimum absolute atomic E-state index is 0.0414. The molecule has 3 fully saturated rings. The maximum Gasteiger partial charge on any atom is 0.248 e. The molecule has 2 unspecified atom stereocenters. The summed E-state index contributed by atoms with van der Waals surface area (Å²) in [5.41, 5.74) is 1.93. The van der Waals surface area contributed by atoms with E-state index in [0.717, 1.165) is 24.1 Å². The summed E-state index contributed by atoms with van der Waals surface area (Å²) in [5.74, 6) is -0.0248. The van der Waals surface area contributed by atoms with E-state index in [1.165, 1.54) is 0 Å². The monoisotopic (exact) mass is 379 g/mol. The smallest absolute Gasteiger partial charge is 0.248 e. The Morgan fingerprint density at radius 3 is 2.68 bits per heavy atom. The quantitative estimate of drug-likeness (QED) is 0.772. The molecule has 3 aliphatic rings. The Morgan fingerprint density at radius 1 is 1.07 bits per heavy atom. The van der Waals surface area contributed by atoms with E-state index in [9.17, 15) is 9.59 Å². The Bertz CT molecular complexity index is 812. The van der Waals surface area contributed by atoms with Crippen molar-refractivity contribution >= 4 is 11.8 Å². The Hall–Kier alpha value is -2.73. The second kappa shape index (κ2) is 8.52. The summed E-state index contributed by atoms with van der Waals surface area (Å²) < 4.78 is 5.62. The second-order valence-electron chi connectivity index (χ2n) is 7.49. The van der Waals surface area contributed by atoms with Crippen LogP contribution < -0.4 is 0 Å². The van der Waals surface area contributed by atoms with Crippen molar-refractivity contribution < 1.29 is 14.3 Å². The number of nitrogens with zero attached hydrogens (tertiary/aromatic N) is 3. The van der Waals surface area contributed by atoms with Crippen LogP contribution in [0.2, 0.25) is 0 Å². The molecule has 0 saturated carbocycles. The fraction of sp³-hybridized carbons (Fsp3) is 0.409. The number of hydrogen-bond acceptors (Lipinski definition) is 4. The fourth-order valence-electron chi connectivity index (χ4n) is 4.04. The minimum atomic E-state index is -0.125. The maximum absolute atomic E-state index is 12.9. The topological polar surface area (TPSA) is 62.7 Å². The van der Waals surface area contributed by atoms with Crippen LogP contribution in [0.4, 0.5) is 0 Å². The highest BCUT2D eigenvalue weighted by atomic mass is 16.5. The second-order valence-corrected chi connectivity index (χ2v) is 7.49. The van der Waals surface area contributed by atoms with E-state index < -0.39 is 0 Å². The van der Waals surface area contributed by atoms with Gasteiger partial charge < -0.3 is 14.5 Å². The van der Waals surface area contributed by atoms with Gasteiger partial charge in [0.2, 0.25) is 11.8 Å². The van der Waals surface area contributed by atoms with Gasteiger partial charge in [0.1, 0.15) is 6.61 Å². The maximum atomic E-state index is 12.9. The summed E-state index contributed by atoms with van der Waals surface area (Å²) in [5, 5.41) is 0. The van der Waals surface area contributed by atoms with Crippen LogP contribution in [0.5, 0.6) is 0 Å². The first-order valence-corrected chi connectivity index (χ1v) is 9.80. The molecule has 2 bridgehead atoms. The normalized spacial score (nSPS) is 21.6. The first-order valence-electron chi connectivity index (χ1n) is 9.80. The molecule has 1 aromatic carbocycles. The van der Waals surface area contributed by atoms with E-state index in [4.69, 9.17) is 4.74 Å². The SMILES string of the molecule is O=C(COCc1ccccc1)N1CC2CCC(C1)N(Cc1ccccn1)C2=O. The molecular weight excluding hydrogens is 354 g/mol. The van der Waals surface area contributed by atoms with Crippen LogP contribution in [0.3, 0.4) is 0 Å². The van der Waals surface area contributed by atoms with Crippen LogP contribution in [0, 0.1) is 5.92 Å². The van der Waals surface area contributed by atoms with Gasteiger partial charge in [0.15, 0.2) is 0 Å². The van der Waals surface area contributed by atoms with Crippen molar-refractivity contribution in [2.75, 3.05) is 19.7 Å². The number of ether oxygens (including phenoxy) is 1. The summed E-state index contributed by atoms with van der Waals surface area (Å²) in [4.78, 5) is 33.7. The molecule has 0 aliphatic carbocycles. The molecule has 2 aromatic rings. The van der Waals surface area contributed by atoms with Crippen molar-refractivity contribution in [1.29, 1.82) is 0 Å². The summed E-state index contributed by atoms with van der Waals surface area (Å²) >= 11 is 0. The summed E-state index contributed by atoms with van der Waals surface area (Å²) in [6.45, 7) is 2.03. The Kier molecular flexibility index (Phi) is 5.67. The number of carbonyl (C=O) groups is 2. The first-order chi connectivity index (χ1) is 13.7. The third-order valence-electron chi connectivity index (χ3n) is 5.54. The van der Waals surface area contributed by atoms with Gasteiger partial charge in [-0.05, 0) is 30.5 Å². The molecule has 146 valence electrons. The molecular formula is C22H25N3O3. The molecule has 0 radical (unpaired) electrons. The number of carbonyl (C=O) groups excluding carboxylic acids is 2. The number of piperidine rings is 1. The number of hydrogen-bond donors (Lipinski definition) is 0. The molecule has 2 atom stereocenters. The van der Waals surface area contributed by atoms with Crippen molar-refractivity contribution in [1.82, 2.24) is 14.8 Å². The molecule has 6 heteroatoms. The Labute approximate surface area is 165 Å². The fourth-order valence-corrected chi connectivity index (χ4v) is 4.04. The third-order valence-corrected chi connectivity index (χ3v) is 5.54. The molecule has 3 saturated heterocycles. The van der Waals surface area contributed by atoms with E-state index in [0.29, 0.717) is 26.2 Å². The number of benzene rings is 1. The standard InChI is InChI=1S/C22H25N3O3/c26-21(16-28-15-17-6-2-1-3-7-17)24-12-18-9-10-20(14-24)25(22(18)27)13-19-8-4-5-11-23-19/h1-8,11,18,20H,9-10,12-16H2. The molecule has 28 heavy (non-hydrogen) atoms. The molecule has 0 spiro atoms. The summed E-state index contributed by atoms with van der Waals surface area (Å²) in [7, 11) is 0. The first kappa shape index (κ1) is 18.6. The Morgan fingerprint density at radius 2 is 1.89 bits per heavy atom. The van der Waals surface area contributed by atoms with Gasteiger partial charge in [0, 0.05) is 25.3 Å². The highest BCUT2D eigenvalue weighted by molar-refractivity contribution is 5.83. The van der Waals surface area contributed by atoms with E-state index in [1.807, 2.05) is 58.3 Å². The van der Waals surface area contributed by atoms with Gasteiger partial charge in [-0.15, -0.1) is 0 Å². The van der Waals surface area contributed by atoms with Crippen LogP contribution in [0.25, 0.3) is 0 Å². The van der Waals surface area contributed by atoms with Crippen molar-refractivity contribution in [3.05, 3.63) is 66.0 Å². The lowest BCUT2D eigenvalue weighted by molar-refractivity contribution is -0.140. The number of pyridine rings is 1. The molecule has 1 aromatic heterocycles. The van der Waals surface area contributed by atoms with Crippen LogP contribution >= 0.6 is 0 Å². The number of fused-ring (bicyclic) bond motifs is 4. The largest absolute Gasteiger partial charge is 0.367 e. The van der Waals surface area contributed by atoms with Gasteiger partial charge in [-0.1, -0.05) is 36.4 Å². The zero-order valence-corrected chi connectivity index (χ0v) is 15.9. The van der Waals surface area contributed by atoms with Crippen molar-refractivity contribution in [2.45, 2.75) is 32.0 Å². The number of amides is 2. The van der Waals surface area contributed by atoms with E-state index in [2.05, 4.69) is 4.98 Å². The molecule has 4 heterocycles. The Balaban J connectivity index is 1.37. The van der Waals surface area contributed by atoms with E-state index in [-0.39, 0.29) is 30.4 Å². The zero-order valence-electron chi connectivity index (χ0n) is 15.9. The van der Waals surface area contributed by atoms with E-state index >= 15 is 0 Å². The van der Waals surface area contributed by atoms with Crippen molar-refractivity contribution in [3.63, 3.8) is 0 Å². The highest BCUT2D eigenvalue weighted by Crippen LogP contribution is 2.30. The molecule has 6 nitrogen and oxygen atoms in total. The van der Waals surface area contributed by atoms with Crippen molar-refractivity contribution in [2.24, 2.45) is 5.92 Å². The predicted molar refractivity (Wildman–Crippen MR) is 104 cm³/mol. The lowest BCUT2D eigenvalue weighted by atomic mass is 9.94. The van der Waals surface area contributed by atoms with Crippen molar-refractivity contribution in [3.8, 4) is 0 Å². The van der Waals surface area contributed by atoms with Gasteiger partial charge in [-0.2, -0.15) is 0 Å². The number of rotatable bonds is 6. The predicted octanol–water partition coefficient (Wildman–Crippen LogP) is 2.25. The zero-order chi connectivity index (χ0) is 19.3. The van der Waals surface area contributed by atoms with Gasteiger partial charge >= 0.3 is 0 Å². The summed E-state index contributed by atoms with van der Waals surface area (Å²) in [6, 6.07) is 15.6. The van der Waals surface area contributed by atoms with Gasteiger partial charge in [-0.25, -0.2) is 0 Å². The van der Waals surface area contributed by atoms with E-state index in [1.54, 1.807) is 6.20 Å². The van der Waals surface area contributed by atoms with Crippen LogP contribution in [0.15, 0.2) is 54.7 Å². The molecule has 3 aliphatic heterocycles. The molecule has 0 N–H and O–H groups in total.